The fraction of sp³-hybridized carbons (Fsp3) is 0.0870. The Bertz CT molecular complexity index is 1120. The molecule has 29 heavy (non-hydrogen) atoms. The summed E-state index contributed by atoms with van der Waals surface area (Å²) >= 11 is 0. The lowest BCUT2D eigenvalue weighted by atomic mass is 10.1. The van der Waals surface area contributed by atoms with Crippen molar-refractivity contribution in [1.82, 2.24) is 0 Å². The summed E-state index contributed by atoms with van der Waals surface area (Å²) < 4.78 is 5.50. The van der Waals surface area contributed by atoms with E-state index < -0.39 is 0 Å². The van der Waals surface area contributed by atoms with Crippen molar-refractivity contribution in [3.8, 4) is 11.8 Å². The molecule has 0 bridgehead atoms. The number of hydrazone groups is 1. The number of anilines is 2. The van der Waals surface area contributed by atoms with Crippen LogP contribution in [0.15, 0.2) is 84.0 Å². The summed E-state index contributed by atoms with van der Waals surface area (Å²) in [5.74, 6) is 0.669. The highest BCUT2D eigenvalue weighted by Gasteiger charge is 2.32. The van der Waals surface area contributed by atoms with Crippen LogP contribution in [0.5, 0.6) is 5.75 Å². The average molecular weight is 382 g/mol. The third-order valence-corrected chi connectivity index (χ3v) is 4.67. The molecular weight excluding hydrogens is 364 g/mol. The van der Waals surface area contributed by atoms with Gasteiger partial charge in [-0.05, 0) is 36.4 Å². The number of amides is 2. The average Bonchev–Trinajstić information content (AvgIpc) is 2.80. The monoisotopic (exact) mass is 382 g/mol. The largest absolute Gasteiger partial charge is 0.496 e. The van der Waals surface area contributed by atoms with Crippen LogP contribution in [0.3, 0.4) is 0 Å². The number of carbonyl (C=O) groups is 1. The predicted octanol–water partition coefficient (Wildman–Crippen LogP) is 4.42. The van der Waals surface area contributed by atoms with E-state index in [9.17, 15) is 10.1 Å². The molecule has 0 aliphatic carbocycles. The van der Waals surface area contributed by atoms with E-state index in [2.05, 4.69) is 11.2 Å². The fourth-order valence-corrected chi connectivity index (χ4v) is 3.28. The number of urea groups is 1. The van der Waals surface area contributed by atoms with Crippen LogP contribution in [0, 0.1) is 11.3 Å². The van der Waals surface area contributed by atoms with Crippen LogP contribution in [0.4, 0.5) is 16.2 Å². The molecule has 0 atom stereocenters. The number of methoxy groups -OCH3 is 1. The van der Waals surface area contributed by atoms with Gasteiger partial charge >= 0.3 is 6.03 Å². The van der Waals surface area contributed by atoms with Crippen LogP contribution in [-0.2, 0) is 0 Å². The molecule has 0 N–H and O–H groups in total. The molecule has 3 aromatic rings. The van der Waals surface area contributed by atoms with Crippen molar-refractivity contribution in [2.45, 2.75) is 0 Å². The van der Waals surface area contributed by atoms with Gasteiger partial charge < -0.3 is 4.74 Å². The van der Waals surface area contributed by atoms with Crippen LogP contribution in [0.2, 0.25) is 0 Å². The van der Waals surface area contributed by atoms with Gasteiger partial charge in [-0.15, -0.1) is 0 Å². The highest BCUT2D eigenvalue weighted by atomic mass is 16.5. The van der Waals surface area contributed by atoms with Crippen LogP contribution in [-0.4, -0.2) is 25.4 Å². The lowest BCUT2D eigenvalue weighted by Crippen LogP contribution is -2.49. The molecular formula is C23H18N4O2. The first kappa shape index (κ1) is 18.3. The van der Waals surface area contributed by atoms with E-state index in [-0.39, 0.29) is 12.6 Å². The number of hydrogen-bond acceptors (Lipinski definition) is 4. The normalized spacial score (nSPS) is 13.7. The number of nitrogens with zero attached hydrogens (tertiary/aromatic N) is 4. The van der Waals surface area contributed by atoms with Crippen LogP contribution in [0.1, 0.15) is 11.1 Å². The number of ether oxygens (including phenoxy) is 1. The number of para-hydroxylation sites is 3. The van der Waals surface area contributed by atoms with Crippen molar-refractivity contribution in [3.63, 3.8) is 0 Å². The first-order valence-corrected chi connectivity index (χ1v) is 9.09. The van der Waals surface area contributed by atoms with E-state index in [1.54, 1.807) is 30.2 Å². The smallest absolute Gasteiger partial charge is 0.350 e. The summed E-state index contributed by atoms with van der Waals surface area (Å²) in [5.41, 5.74) is 3.07. The van der Waals surface area contributed by atoms with Crippen molar-refractivity contribution in [2.75, 3.05) is 23.6 Å². The van der Waals surface area contributed by atoms with Crippen LogP contribution < -0.4 is 14.6 Å². The molecule has 0 saturated heterocycles. The summed E-state index contributed by atoms with van der Waals surface area (Å²) in [7, 11) is 1.60. The standard InChI is InChI=1S/C23H18N4O2/c1-29-22-14-8-6-12-19(22)20-16-26(21-13-7-5-9-17(21)15-24)23(28)27(25-20)18-10-3-2-4-11-18/h2-14H,16H2,1H3. The van der Waals surface area contributed by atoms with Gasteiger partial charge in [0.1, 0.15) is 11.8 Å². The Balaban J connectivity index is 1.87. The van der Waals surface area contributed by atoms with Gasteiger partial charge in [0.25, 0.3) is 0 Å². The molecule has 1 heterocycles. The molecule has 142 valence electrons. The highest BCUT2D eigenvalue weighted by molar-refractivity contribution is 6.17. The van der Waals surface area contributed by atoms with E-state index in [0.29, 0.717) is 28.4 Å². The molecule has 0 radical (unpaired) electrons. The third kappa shape index (κ3) is 3.42. The molecule has 6 heteroatoms. The van der Waals surface area contributed by atoms with Crippen LogP contribution in [0.25, 0.3) is 0 Å². The van der Waals surface area contributed by atoms with E-state index in [4.69, 9.17) is 4.74 Å². The van der Waals surface area contributed by atoms with E-state index in [0.717, 1.165) is 5.56 Å². The zero-order valence-corrected chi connectivity index (χ0v) is 15.8. The number of carbonyl (C=O) groups excluding carboxylic acids is 1. The zero-order valence-electron chi connectivity index (χ0n) is 15.8. The number of rotatable bonds is 4. The van der Waals surface area contributed by atoms with Gasteiger partial charge in [-0.2, -0.15) is 15.4 Å². The molecule has 0 saturated carbocycles. The first-order valence-electron chi connectivity index (χ1n) is 9.09. The Labute approximate surface area is 168 Å². The maximum atomic E-state index is 13.3. The van der Waals surface area contributed by atoms with Gasteiger partial charge in [0, 0.05) is 5.56 Å². The Morgan fingerprint density at radius 1 is 0.966 bits per heavy atom. The number of benzene rings is 3. The van der Waals surface area contributed by atoms with Crippen molar-refractivity contribution in [2.24, 2.45) is 5.10 Å². The van der Waals surface area contributed by atoms with Gasteiger partial charge in [-0.25, -0.2) is 4.79 Å². The molecule has 2 amide bonds. The Kier molecular flexibility index (Phi) is 4.95. The minimum atomic E-state index is -0.322. The summed E-state index contributed by atoms with van der Waals surface area (Å²) in [4.78, 5) is 14.9. The quantitative estimate of drug-likeness (QED) is 0.671. The van der Waals surface area contributed by atoms with Crippen LogP contribution >= 0.6 is 0 Å². The number of hydrogen-bond donors (Lipinski definition) is 0. The predicted molar refractivity (Wildman–Crippen MR) is 112 cm³/mol. The first-order chi connectivity index (χ1) is 14.2. The second-order valence-electron chi connectivity index (χ2n) is 6.39. The Morgan fingerprint density at radius 2 is 1.66 bits per heavy atom. The topological polar surface area (TPSA) is 68.9 Å². The minimum Gasteiger partial charge on any atom is -0.496 e. The van der Waals surface area contributed by atoms with Crippen molar-refractivity contribution in [1.29, 1.82) is 5.26 Å². The van der Waals surface area contributed by atoms with Crippen molar-refractivity contribution in [3.05, 3.63) is 90.0 Å². The molecule has 0 aromatic heterocycles. The molecule has 1 aliphatic rings. The maximum absolute atomic E-state index is 13.3. The molecule has 0 fully saturated rings. The maximum Gasteiger partial charge on any atom is 0.350 e. The Morgan fingerprint density at radius 3 is 2.41 bits per heavy atom. The second-order valence-corrected chi connectivity index (χ2v) is 6.39. The lowest BCUT2D eigenvalue weighted by molar-refractivity contribution is 0.251. The SMILES string of the molecule is COc1ccccc1C1=NN(c2ccccc2)C(=O)N(c2ccccc2C#N)C1. The minimum absolute atomic E-state index is 0.223. The molecule has 3 aromatic carbocycles. The summed E-state index contributed by atoms with van der Waals surface area (Å²) in [6, 6.07) is 25.7. The van der Waals surface area contributed by atoms with Gasteiger partial charge in [0.2, 0.25) is 0 Å². The van der Waals surface area contributed by atoms with E-state index in [1.807, 2.05) is 60.7 Å². The van der Waals surface area contributed by atoms with E-state index >= 15 is 0 Å². The van der Waals surface area contributed by atoms with Gasteiger partial charge in [-0.3, -0.25) is 4.90 Å². The van der Waals surface area contributed by atoms with Gasteiger partial charge in [-0.1, -0.05) is 42.5 Å². The lowest BCUT2D eigenvalue weighted by Gasteiger charge is -2.33. The fourth-order valence-electron chi connectivity index (χ4n) is 3.28. The van der Waals surface area contributed by atoms with Crippen molar-refractivity contribution >= 4 is 23.1 Å². The molecule has 0 spiro atoms. The highest BCUT2D eigenvalue weighted by Crippen LogP contribution is 2.29. The summed E-state index contributed by atoms with van der Waals surface area (Å²) in [5, 5.41) is 15.5. The molecule has 1 aliphatic heterocycles. The molecule has 4 rings (SSSR count). The zero-order chi connectivity index (χ0) is 20.2. The molecule has 6 nitrogen and oxygen atoms in total. The van der Waals surface area contributed by atoms with Gasteiger partial charge in [0.05, 0.1) is 36.3 Å². The molecule has 0 unspecified atom stereocenters. The summed E-state index contributed by atoms with van der Waals surface area (Å²) in [6.07, 6.45) is 0. The van der Waals surface area contributed by atoms with Crippen molar-refractivity contribution < 1.29 is 9.53 Å². The van der Waals surface area contributed by atoms with E-state index in [1.165, 1.54) is 5.01 Å². The second kappa shape index (κ2) is 7.87. The van der Waals surface area contributed by atoms with Gasteiger partial charge in [0.15, 0.2) is 0 Å². The number of nitriles is 1. The third-order valence-electron chi connectivity index (χ3n) is 4.67. The summed E-state index contributed by atoms with van der Waals surface area (Å²) in [6.45, 7) is 0.223. The Hall–Kier alpha value is -4.11.